The van der Waals surface area contributed by atoms with Crippen molar-refractivity contribution < 1.29 is 13.2 Å². The highest BCUT2D eigenvalue weighted by atomic mass is 32.2. The Morgan fingerprint density at radius 3 is 2.65 bits per heavy atom. The van der Waals surface area contributed by atoms with Crippen LogP contribution in [-0.4, -0.2) is 62.9 Å². The van der Waals surface area contributed by atoms with Gasteiger partial charge >= 0.3 is 0 Å². The summed E-state index contributed by atoms with van der Waals surface area (Å²) in [6, 6.07) is 0. The van der Waals surface area contributed by atoms with Gasteiger partial charge in [0.1, 0.15) is 5.25 Å². The van der Waals surface area contributed by atoms with Gasteiger partial charge in [0.25, 0.3) is 0 Å². The standard InChI is InChI=1S/C9H19N3O3S2/c1-8(9(10)16)17(13,14)11-2-3-12-4-6-15-7-5-12/h8,11H,2-7H2,1H3,(H2,10,16). The Labute approximate surface area is 108 Å². The third-order valence-corrected chi connectivity index (χ3v) is 5.00. The van der Waals surface area contributed by atoms with Crippen molar-refractivity contribution in [3.8, 4) is 0 Å². The number of nitrogens with zero attached hydrogens (tertiary/aromatic N) is 1. The predicted molar refractivity (Wildman–Crippen MR) is 70.4 cm³/mol. The molecular weight excluding hydrogens is 262 g/mol. The number of thiocarbonyl (C=S) groups is 1. The number of sulfonamides is 1. The SMILES string of the molecule is CC(C(N)=S)S(=O)(=O)NCCN1CCOCC1. The number of nitrogens with two attached hydrogens (primary N) is 1. The first-order valence-electron chi connectivity index (χ1n) is 5.51. The molecule has 100 valence electrons. The maximum absolute atomic E-state index is 11.7. The van der Waals surface area contributed by atoms with Gasteiger partial charge in [0.2, 0.25) is 10.0 Å². The number of nitrogens with one attached hydrogen (secondary N) is 1. The van der Waals surface area contributed by atoms with Crippen molar-refractivity contribution in [1.82, 2.24) is 9.62 Å². The van der Waals surface area contributed by atoms with E-state index in [1.165, 1.54) is 6.92 Å². The summed E-state index contributed by atoms with van der Waals surface area (Å²) < 4.78 is 31.1. The van der Waals surface area contributed by atoms with Crippen LogP contribution in [0.1, 0.15) is 6.92 Å². The molecule has 0 aliphatic carbocycles. The van der Waals surface area contributed by atoms with Crippen molar-refractivity contribution in [3.05, 3.63) is 0 Å². The molecule has 1 rings (SSSR count). The smallest absolute Gasteiger partial charge is 0.220 e. The average Bonchev–Trinajstić information content (AvgIpc) is 2.29. The zero-order chi connectivity index (χ0) is 12.9. The molecule has 0 aromatic heterocycles. The maximum Gasteiger partial charge on any atom is 0.220 e. The molecule has 1 atom stereocenters. The number of ether oxygens (including phenoxy) is 1. The van der Waals surface area contributed by atoms with Crippen molar-refractivity contribution in [3.63, 3.8) is 0 Å². The molecule has 0 amide bonds. The van der Waals surface area contributed by atoms with Gasteiger partial charge in [0.15, 0.2) is 0 Å². The fraction of sp³-hybridized carbons (Fsp3) is 0.889. The molecule has 1 saturated heterocycles. The second kappa shape index (κ2) is 6.60. The molecule has 1 heterocycles. The molecule has 0 spiro atoms. The number of rotatable bonds is 6. The fourth-order valence-corrected chi connectivity index (χ4v) is 2.76. The largest absolute Gasteiger partial charge is 0.392 e. The topological polar surface area (TPSA) is 84.7 Å². The quantitative estimate of drug-likeness (QED) is 0.602. The highest BCUT2D eigenvalue weighted by Gasteiger charge is 2.22. The van der Waals surface area contributed by atoms with E-state index >= 15 is 0 Å². The molecule has 1 aliphatic heterocycles. The van der Waals surface area contributed by atoms with Crippen LogP contribution in [0.4, 0.5) is 0 Å². The van der Waals surface area contributed by atoms with Gasteiger partial charge in [-0.2, -0.15) is 0 Å². The number of hydrogen-bond acceptors (Lipinski definition) is 5. The first-order valence-corrected chi connectivity index (χ1v) is 7.47. The second-order valence-corrected chi connectivity index (χ2v) is 6.50. The fourth-order valence-electron chi connectivity index (χ4n) is 1.45. The molecule has 17 heavy (non-hydrogen) atoms. The molecule has 6 nitrogen and oxygen atoms in total. The Morgan fingerprint density at radius 1 is 1.53 bits per heavy atom. The van der Waals surface area contributed by atoms with Gasteiger partial charge in [-0.3, -0.25) is 4.90 Å². The average molecular weight is 281 g/mol. The molecular formula is C9H19N3O3S2. The van der Waals surface area contributed by atoms with Gasteiger partial charge in [-0.15, -0.1) is 0 Å². The Kier molecular flexibility index (Phi) is 5.74. The van der Waals surface area contributed by atoms with Crippen molar-refractivity contribution in [2.75, 3.05) is 39.4 Å². The monoisotopic (exact) mass is 281 g/mol. The molecule has 0 radical (unpaired) electrons. The summed E-state index contributed by atoms with van der Waals surface area (Å²) in [4.78, 5) is 2.14. The van der Waals surface area contributed by atoms with Crippen molar-refractivity contribution in [1.29, 1.82) is 0 Å². The molecule has 0 aromatic carbocycles. The summed E-state index contributed by atoms with van der Waals surface area (Å²) in [6.07, 6.45) is 0. The van der Waals surface area contributed by atoms with Crippen LogP contribution >= 0.6 is 12.2 Å². The Hall–Kier alpha value is -0.280. The molecule has 0 aromatic rings. The minimum atomic E-state index is -3.43. The second-order valence-electron chi connectivity index (χ2n) is 3.94. The summed E-state index contributed by atoms with van der Waals surface area (Å²) in [5.74, 6) is 0. The Balaban J connectivity index is 2.32. The van der Waals surface area contributed by atoms with Crippen molar-refractivity contribution in [2.45, 2.75) is 12.2 Å². The van der Waals surface area contributed by atoms with Crippen LogP contribution in [0.3, 0.4) is 0 Å². The van der Waals surface area contributed by atoms with E-state index in [9.17, 15) is 8.42 Å². The molecule has 3 N–H and O–H groups in total. The lowest BCUT2D eigenvalue weighted by Gasteiger charge is -2.26. The van der Waals surface area contributed by atoms with E-state index in [1.54, 1.807) is 0 Å². The van der Waals surface area contributed by atoms with Crippen LogP contribution < -0.4 is 10.5 Å². The van der Waals surface area contributed by atoms with Crippen molar-refractivity contribution in [2.24, 2.45) is 5.73 Å². The van der Waals surface area contributed by atoms with E-state index in [0.29, 0.717) is 26.3 Å². The van der Waals surface area contributed by atoms with Crippen LogP contribution in [-0.2, 0) is 14.8 Å². The molecule has 0 saturated carbocycles. The lowest BCUT2D eigenvalue weighted by molar-refractivity contribution is 0.0390. The van der Waals surface area contributed by atoms with Crippen LogP contribution in [0.2, 0.25) is 0 Å². The van der Waals surface area contributed by atoms with Crippen LogP contribution in [0, 0.1) is 0 Å². The third kappa shape index (κ3) is 4.84. The lowest BCUT2D eigenvalue weighted by atomic mass is 10.4. The van der Waals surface area contributed by atoms with Crippen LogP contribution in [0.25, 0.3) is 0 Å². The maximum atomic E-state index is 11.7. The predicted octanol–water partition coefficient (Wildman–Crippen LogP) is -1.09. The number of hydrogen-bond donors (Lipinski definition) is 2. The summed E-state index contributed by atoms with van der Waals surface area (Å²) in [5, 5.41) is -0.831. The van der Waals surface area contributed by atoms with Crippen LogP contribution in [0.5, 0.6) is 0 Å². The van der Waals surface area contributed by atoms with E-state index < -0.39 is 15.3 Å². The van der Waals surface area contributed by atoms with Gasteiger partial charge in [0, 0.05) is 26.2 Å². The van der Waals surface area contributed by atoms with Gasteiger partial charge in [0.05, 0.1) is 18.2 Å². The first-order chi connectivity index (χ1) is 7.93. The lowest BCUT2D eigenvalue weighted by Crippen LogP contribution is -2.45. The summed E-state index contributed by atoms with van der Waals surface area (Å²) in [5.41, 5.74) is 5.32. The van der Waals surface area contributed by atoms with Gasteiger partial charge in [-0.25, -0.2) is 13.1 Å². The zero-order valence-corrected chi connectivity index (χ0v) is 11.5. The zero-order valence-electron chi connectivity index (χ0n) is 9.89. The molecule has 1 unspecified atom stereocenters. The Bertz CT molecular complexity index is 352. The molecule has 1 aliphatic rings. The van der Waals surface area contributed by atoms with E-state index in [4.69, 9.17) is 10.5 Å². The van der Waals surface area contributed by atoms with E-state index in [0.717, 1.165) is 13.1 Å². The van der Waals surface area contributed by atoms with Gasteiger partial charge in [-0.05, 0) is 6.92 Å². The van der Waals surface area contributed by atoms with Crippen molar-refractivity contribution >= 4 is 27.2 Å². The summed E-state index contributed by atoms with van der Waals surface area (Å²) in [7, 11) is -3.43. The first kappa shape index (κ1) is 14.8. The summed E-state index contributed by atoms with van der Waals surface area (Å²) >= 11 is 4.67. The highest BCUT2D eigenvalue weighted by molar-refractivity contribution is 7.93. The van der Waals surface area contributed by atoms with E-state index in [-0.39, 0.29) is 4.99 Å². The minimum absolute atomic E-state index is 0.0103. The van der Waals surface area contributed by atoms with Crippen LogP contribution in [0.15, 0.2) is 0 Å². The molecule has 0 bridgehead atoms. The summed E-state index contributed by atoms with van der Waals surface area (Å²) in [6.45, 7) is 5.62. The van der Waals surface area contributed by atoms with Gasteiger partial charge in [-0.1, -0.05) is 12.2 Å². The van der Waals surface area contributed by atoms with E-state index in [1.807, 2.05) is 0 Å². The molecule has 8 heteroatoms. The third-order valence-electron chi connectivity index (χ3n) is 2.70. The number of morpholine rings is 1. The highest BCUT2D eigenvalue weighted by Crippen LogP contribution is 1.99. The normalized spacial score (nSPS) is 20.1. The molecule has 1 fully saturated rings. The van der Waals surface area contributed by atoms with Gasteiger partial charge < -0.3 is 10.5 Å². The van der Waals surface area contributed by atoms with E-state index in [2.05, 4.69) is 21.8 Å². The minimum Gasteiger partial charge on any atom is -0.392 e. The Morgan fingerprint density at radius 2 is 2.12 bits per heavy atom.